The lowest BCUT2D eigenvalue weighted by Crippen LogP contribution is -2.14. The fourth-order valence-corrected chi connectivity index (χ4v) is 3.15. The molecule has 0 aromatic carbocycles. The number of carbonyl (C=O) groups is 1. The number of aromatic nitrogens is 6. The summed E-state index contributed by atoms with van der Waals surface area (Å²) in [5.41, 5.74) is 3.50. The molecule has 4 heterocycles. The molecule has 1 amide bonds. The lowest BCUT2D eigenvalue weighted by atomic mass is 10.1. The van der Waals surface area contributed by atoms with Crippen molar-refractivity contribution in [3.63, 3.8) is 0 Å². The highest BCUT2D eigenvalue weighted by molar-refractivity contribution is 7.13. The number of hydrogen-bond donors (Lipinski definition) is 1. The molecule has 0 atom stereocenters. The van der Waals surface area contributed by atoms with Crippen molar-refractivity contribution in [3.05, 3.63) is 47.5 Å². The van der Waals surface area contributed by atoms with Gasteiger partial charge in [0.15, 0.2) is 10.8 Å². The number of fused-ring (bicyclic) bond motifs is 1. The molecule has 0 spiro atoms. The van der Waals surface area contributed by atoms with Gasteiger partial charge in [0, 0.05) is 30.4 Å². The second-order valence-electron chi connectivity index (χ2n) is 5.26. The third kappa shape index (κ3) is 2.44. The van der Waals surface area contributed by atoms with Crippen LogP contribution in [0.1, 0.15) is 16.1 Å². The number of nitrogens with zero attached hydrogens (tertiary/aromatic N) is 6. The van der Waals surface area contributed by atoms with Gasteiger partial charge in [0.1, 0.15) is 6.33 Å². The van der Waals surface area contributed by atoms with Crippen molar-refractivity contribution in [2.45, 2.75) is 6.92 Å². The largest absolute Gasteiger partial charge is 0.298 e. The average molecular weight is 339 g/mol. The van der Waals surface area contributed by atoms with Crippen LogP contribution in [0.3, 0.4) is 0 Å². The highest BCUT2D eigenvalue weighted by Crippen LogP contribution is 2.23. The maximum Gasteiger partial charge on any atom is 0.261 e. The first-order valence-corrected chi connectivity index (χ1v) is 8.05. The minimum absolute atomic E-state index is 0.272. The first-order chi connectivity index (χ1) is 11.6. The molecule has 24 heavy (non-hydrogen) atoms. The third-order valence-electron chi connectivity index (χ3n) is 3.58. The van der Waals surface area contributed by atoms with Gasteiger partial charge in [-0.1, -0.05) is 0 Å². The van der Waals surface area contributed by atoms with Gasteiger partial charge < -0.3 is 0 Å². The van der Waals surface area contributed by atoms with Crippen molar-refractivity contribution in [1.82, 2.24) is 29.4 Å². The molecule has 0 radical (unpaired) electrons. The Balaban J connectivity index is 1.80. The van der Waals surface area contributed by atoms with Crippen molar-refractivity contribution in [1.29, 1.82) is 0 Å². The molecule has 1 N–H and O–H groups in total. The first-order valence-electron chi connectivity index (χ1n) is 7.17. The first kappa shape index (κ1) is 14.5. The molecule has 4 aromatic rings. The zero-order chi connectivity index (χ0) is 16.7. The SMILES string of the molecule is Cc1csc(NC(=O)c2cc(-c3ccnn3C)cn3ncnc23)n1. The van der Waals surface area contributed by atoms with E-state index in [-0.39, 0.29) is 5.91 Å². The zero-order valence-corrected chi connectivity index (χ0v) is 13.8. The van der Waals surface area contributed by atoms with E-state index in [1.807, 2.05) is 31.6 Å². The molecule has 0 aliphatic rings. The average Bonchev–Trinajstić information content (AvgIpc) is 3.27. The molecule has 0 aliphatic carbocycles. The Bertz CT molecular complexity index is 1050. The summed E-state index contributed by atoms with van der Waals surface area (Å²) in [5.74, 6) is -0.272. The summed E-state index contributed by atoms with van der Waals surface area (Å²) in [6.45, 7) is 1.88. The van der Waals surface area contributed by atoms with Crippen LogP contribution in [0.2, 0.25) is 0 Å². The predicted molar refractivity (Wildman–Crippen MR) is 90.0 cm³/mol. The number of anilines is 1. The van der Waals surface area contributed by atoms with Crippen LogP contribution < -0.4 is 5.32 Å². The molecular weight excluding hydrogens is 326 g/mol. The van der Waals surface area contributed by atoms with Crippen LogP contribution in [-0.4, -0.2) is 35.3 Å². The van der Waals surface area contributed by atoms with E-state index in [1.54, 1.807) is 21.5 Å². The van der Waals surface area contributed by atoms with Crippen molar-refractivity contribution in [3.8, 4) is 11.3 Å². The Morgan fingerprint density at radius 1 is 1.33 bits per heavy atom. The van der Waals surface area contributed by atoms with Gasteiger partial charge in [-0.15, -0.1) is 11.3 Å². The van der Waals surface area contributed by atoms with Crippen molar-refractivity contribution < 1.29 is 4.79 Å². The molecule has 0 saturated carbocycles. The van der Waals surface area contributed by atoms with Gasteiger partial charge in [-0.25, -0.2) is 14.5 Å². The Kier molecular flexibility index (Phi) is 3.35. The molecule has 9 heteroatoms. The molecule has 4 aromatic heterocycles. The number of thiazole rings is 1. The van der Waals surface area contributed by atoms with E-state index in [2.05, 4.69) is 25.5 Å². The van der Waals surface area contributed by atoms with Crippen LogP contribution in [0.5, 0.6) is 0 Å². The second-order valence-corrected chi connectivity index (χ2v) is 6.12. The molecular formula is C15H13N7OS. The summed E-state index contributed by atoms with van der Waals surface area (Å²) in [7, 11) is 1.85. The van der Waals surface area contributed by atoms with Gasteiger partial charge in [0.25, 0.3) is 5.91 Å². The lowest BCUT2D eigenvalue weighted by Gasteiger charge is -2.07. The second kappa shape index (κ2) is 5.53. The highest BCUT2D eigenvalue weighted by Gasteiger charge is 2.17. The maximum absolute atomic E-state index is 12.7. The standard InChI is InChI=1S/C15H13N7OS/c1-9-7-24-15(19-9)20-14(23)11-5-10(12-3-4-17-21(12)2)6-22-13(11)16-8-18-22/h3-8H,1-2H3,(H,19,20,23). The molecule has 0 unspecified atom stereocenters. The number of hydrogen-bond acceptors (Lipinski definition) is 6. The molecule has 0 saturated heterocycles. The van der Waals surface area contributed by atoms with E-state index in [0.717, 1.165) is 17.0 Å². The molecule has 120 valence electrons. The van der Waals surface area contributed by atoms with E-state index < -0.39 is 0 Å². The summed E-state index contributed by atoms with van der Waals surface area (Å²) in [6.07, 6.45) is 4.95. The Hall–Kier alpha value is -3.07. The Morgan fingerprint density at radius 3 is 2.92 bits per heavy atom. The normalized spacial score (nSPS) is 11.1. The van der Waals surface area contributed by atoms with Crippen molar-refractivity contribution in [2.75, 3.05) is 5.32 Å². The van der Waals surface area contributed by atoms with E-state index in [4.69, 9.17) is 0 Å². The molecule has 4 rings (SSSR count). The van der Waals surface area contributed by atoms with Crippen LogP contribution in [-0.2, 0) is 7.05 Å². The fourth-order valence-electron chi connectivity index (χ4n) is 2.47. The predicted octanol–water partition coefficient (Wildman–Crippen LogP) is 2.15. The summed E-state index contributed by atoms with van der Waals surface area (Å²) >= 11 is 1.38. The number of amides is 1. The number of aryl methyl sites for hydroxylation is 2. The fraction of sp³-hybridized carbons (Fsp3) is 0.133. The minimum Gasteiger partial charge on any atom is -0.298 e. The molecule has 0 bridgehead atoms. The van der Waals surface area contributed by atoms with Gasteiger partial charge >= 0.3 is 0 Å². The van der Waals surface area contributed by atoms with Gasteiger partial charge in [0.05, 0.1) is 17.0 Å². The molecule has 0 fully saturated rings. The number of rotatable bonds is 3. The van der Waals surface area contributed by atoms with Crippen LogP contribution in [0, 0.1) is 6.92 Å². The Labute approximate surface area is 140 Å². The third-order valence-corrected chi connectivity index (χ3v) is 4.45. The van der Waals surface area contributed by atoms with E-state index in [1.165, 1.54) is 17.7 Å². The lowest BCUT2D eigenvalue weighted by molar-refractivity contribution is 0.102. The van der Waals surface area contributed by atoms with Crippen LogP contribution >= 0.6 is 11.3 Å². The van der Waals surface area contributed by atoms with Gasteiger partial charge in [-0.05, 0) is 19.1 Å². The van der Waals surface area contributed by atoms with Gasteiger partial charge in [-0.2, -0.15) is 10.2 Å². The smallest absolute Gasteiger partial charge is 0.261 e. The van der Waals surface area contributed by atoms with Crippen molar-refractivity contribution in [2.24, 2.45) is 7.05 Å². The monoisotopic (exact) mass is 339 g/mol. The number of carbonyl (C=O) groups excluding carboxylic acids is 1. The van der Waals surface area contributed by atoms with E-state index >= 15 is 0 Å². The number of pyridine rings is 1. The highest BCUT2D eigenvalue weighted by atomic mass is 32.1. The van der Waals surface area contributed by atoms with Crippen molar-refractivity contribution >= 4 is 28.0 Å². The summed E-state index contributed by atoms with van der Waals surface area (Å²) in [4.78, 5) is 21.1. The van der Waals surface area contributed by atoms with Crippen LogP contribution in [0.25, 0.3) is 16.9 Å². The quantitative estimate of drug-likeness (QED) is 0.618. The zero-order valence-electron chi connectivity index (χ0n) is 13.0. The van der Waals surface area contributed by atoms with Gasteiger partial charge in [0.2, 0.25) is 0 Å². The topological polar surface area (TPSA) is 90.0 Å². The van der Waals surface area contributed by atoms with E-state index in [9.17, 15) is 4.79 Å². The molecule has 0 aliphatic heterocycles. The maximum atomic E-state index is 12.7. The van der Waals surface area contributed by atoms with E-state index in [0.29, 0.717) is 16.3 Å². The Morgan fingerprint density at radius 2 is 2.21 bits per heavy atom. The summed E-state index contributed by atoms with van der Waals surface area (Å²) in [6, 6.07) is 3.67. The minimum atomic E-state index is -0.272. The van der Waals surface area contributed by atoms with Crippen LogP contribution in [0.4, 0.5) is 5.13 Å². The summed E-state index contributed by atoms with van der Waals surface area (Å²) in [5, 5.41) is 13.6. The molecule has 8 nitrogen and oxygen atoms in total. The summed E-state index contributed by atoms with van der Waals surface area (Å²) < 4.78 is 3.33. The van der Waals surface area contributed by atoms with Crippen LogP contribution in [0.15, 0.2) is 36.2 Å². The van der Waals surface area contributed by atoms with Gasteiger partial charge in [-0.3, -0.25) is 14.8 Å². The number of nitrogens with one attached hydrogen (secondary N) is 1.